The van der Waals surface area contributed by atoms with Crippen LogP contribution in [-0.4, -0.2) is 31.1 Å². The first-order valence-electron chi connectivity index (χ1n) is 3.48. The fraction of sp³-hybridized carbons (Fsp3) is 0.857. The highest BCUT2D eigenvalue weighted by Crippen LogP contribution is 2.03. The van der Waals surface area contributed by atoms with E-state index in [1.807, 2.05) is 14.0 Å². The Kier molecular flexibility index (Phi) is 5.16. The van der Waals surface area contributed by atoms with Crippen molar-refractivity contribution in [3.8, 4) is 0 Å². The number of rotatable bonds is 5. The van der Waals surface area contributed by atoms with Gasteiger partial charge in [0.15, 0.2) is 0 Å². The monoisotopic (exact) mass is 145 g/mol. The molecule has 0 rings (SSSR count). The van der Waals surface area contributed by atoms with Crippen LogP contribution in [0.25, 0.3) is 0 Å². The van der Waals surface area contributed by atoms with Crippen molar-refractivity contribution in [1.82, 2.24) is 5.32 Å². The lowest BCUT2D eigenvalue weighted by atomic mass is 10.0. The summed E-state index contributed by atoms with van der Waals surface area (Å²) in [6.45, 7) is 2.65. The van der Waals surface area contributed by atoms with Crippen LogP contribution in [0.5, 0.6) is 0 Å². The lowest BCUT2D eigenvalue weighted by Crippen LogP contribution is -2.27. The molecule has 60 valence electrons. The highest BCUT2D eigenvalue weighted by molar-refractivity contribution is 5.50. The third kappa shape index (κ3) is 3.58. The molecule has 0 aliphatic carbocycles. The summed E-state index contributed by atoms with van der Waals surface area (Å²) < 4.78 is 0. The van der Waals surface area contributed by atoms with E-state index in [1.54, 1.807) is 0 Å². The second kappa shape index (κ2) is 5.38. The molecule has 0 aliphatic heterocycles. The zero-order valence-electron chi connectivity index (χ0n) is 6.50. The van der Waals surface area contributed by atoms with Crippen LogP contribution >= 0.6 is 0 Å². The SMILES string of the molecule is CNCC(C)C(O)CC=O. The second-order valence-corrected chi connectivity index (χ2v) is 2.50. The molecule has 10 heavy (non-hydrogen) atoms. The molecule has 0 spiro atoms. The van der Waals surface area contributed by atoms with Gasteiger partial charge in [0.05, 0.1) is 6.10 Å². The van der Waals surface area contributed by atoms with E-state index in [0.717, 1.165) is 12.8 Å². The van der Waals surface area contributed by atoms with Gasteiger partial charge in [-0.15, -0.1) is 0 Å². The average molecular weight is 145 g/mol. The lowest BCUT2D eigenvalue weighted by Gasteiger charge is -2.15. The first-order valence-corrected chi connectivity index (χ1v) is 3.48. The number of aldehydes is 1. The maximum atomic E-state index is 9.94. The van der Waals surface area contributed by atoms with Crippen LogP contribution in [-0.2, 0) is 4.79 Å². The second-order valence-electron chi connectivity index (χ2n) is 2.50. The van der Waals surface area contributed by atoms with Gasteiger partial charge in [0, 0.05) is 6.42 Å². The molecule has 0 bridgehead atoms. The van der Waals surface area contributed by atoms with E-state index >= 15 is 0 Å². The molecule has 0 saturated carbocycles. The van der Waals surface area contributed by atoms with E-state index in [-0.39, 0.29) is 12.3 Å². The van der Waals surface area contributed by atoms with Gasteiger partial charge in [-0.2, -0.15) is 0 Å². The zero-order chi connectivity index (χ0) is 7.98. The maximum absolute atomic E-state index is 9.94. The van der Waals surface area contributed by atoms with Crippen molar-refractivity contribution in [1.29, 1.82) is 0 Å². The van der Waals surface area contributed by atoms with E-state index in [9.17, 15) is 9.90 Å². The van der Waals surface area contributed by atoms with Crippen LogP contribution in [0.4, 0.5) is 0 Å². The van der Waals surface area contributed by atoms with Gasteiger partial charge in [-0.3, -0.25) is 0 Å². The summed E-state index contributed by atoms with van der Waals surface area (Å²) in [6, 6.07) is 0. The molecular weight excluding hydrogens is 130 g/mol. The number of hydrogen-bond donors (Lipinski definition) is 2. The Labute approximate surface area is 61.4 Å². The Morgan fingerprint density at radius 3 is 2.70 bits per heavy atom. The van der Waals surface area contributed by atoms with Crippen molar-refractivity contribution >= 4 is 6.29 Å². The summed E-state index contributed by atoms with van der Waals surface area (Å²) in [6.07, 6.45) is 0.490. The van der Waals surface area contributed by atoms with Gasteiger partial charge in [-0.1, -0.05) is 6.92 Å². The number of carbonyl (C=O) groups excluding carboxylic acids is 1. The van der Waals surface area contributed by atoms with Crippen LogP contribution in [0.3, 0.4) is 0 Å². The van der Waals surface area contributed by atoms with Gasteiger partial charge in [-0.25, -0.2) is 0 Å². The van der Waals surface area contributed by atoms with Crippen LogP contribution in [0.15, 0.2) is 0 Å². The molecular formula is C7H15NO2. The maximum Gasteiger partial charge on any atom is 0.122 e. The van der Waals surface area contributed by atoms with Crippen molar-refractivity contribution in [3.63, 3.8) is 0 Å². The smallest absolute Gasteiger partial charge is 0.122 e. The van der Waals surface area contributed by atoms with Crippen molar-refractivity contribution in [2.75, 3.05) is 13.6 Å². The largest absolute Gasteiger partial charge is 0.392 e. The lowest BCUT2D eigenvalue weighted by molar-refractivity contribution is -0.110. The molecule has 0 aliphatic rings. The Bertz CT molecular complexity index is 95.6. The number of nitrogens with one attached hydrogen (secondary N) is 1. The Hall–Kier alpha value is -0.410. The van der Waals surface area contributed by atoms with E-state index in [1.165, 1.54) is 0 Å². The van der Waals surface area contributed by atoms with Crippen molar-refractivity contribution in [3.05, 3.63) is 0 Å². The molecule has 2 unspecified atom stereocenters. The van der Waals surface area contributed by atoms with Crippen molar-refractivity contribution in [2.24, 2.45) is 5.92 Å². The minimum absolute atomic E-state index is 0.148. The normalized spacial score (nSPS) is 16.3. The molecule has 2 N–H and O–H groups in total. The van der Waals surface area contributed by atoms with Crippen LogP contribution in [0.2, 0.25) is 0 Å². The molecule has 0 heterocycles. The van der Waals surface area contributed by atoms with Crippen molar-refractivity contribution in [2.45, 2.75) is 19.4 Å². The van der Waals surface area contributed by atoms with Gasteiger partial charge >= 0.3 is 0 Å². The summed E-state index contributed by atoms with van der Waals surface area (Å²) in [4.78, 5) is 9.94. The topological polar surface area (TPSA) is 49.3 Å². The predicted molar refractivity (Wildman–Crippen MR) is 39.8 cm³/mol. The van der Waals surface area contributed by atoms with Gasteiger partial charge in [0.25, 0.3) is 0 Å². The quantitative estimate of drug-likeness (QED) is 0.526. The molecule has 0 amide bonds. The van der Waals surface area contributed by atoms with Crippen molar-refractivity contribution < 1.29 is 9.90 Å². The summed E-state index contributed by atoms with van der Waals surface area (Å²) in [5.41, 5.74) is 0. The third-order valence-corrected chi connectivity index (χ3v) is 1.52. The molecule has 0 aromatic rings. The summed E-state index contributed by atoms with van der Waals surface area (Å²) in [5.74, 6) is 0.148. The summed E-state index contributed by atoms with van der Waals surface area (Å²) >= 11 is 0. The molecule has 0 radical (unpaired) electrons. The van der Waals surface area contributed by atoms with Gasteiger partial charge < -0.3 is 15.2 Å². The van der Waals surface area contributed by atoms with E-state index in [4.69, 9.17) is 0 Å². The van der Waals surface area contributed by atoms with E-state index in [2.05, 4.69) is 5.32 Å². The fourth-order valence-electron chi connectivity index (χ4n) is 0.789. The standard InChI is InChI=1S/C7H15NO2/c1-6(5-8-2)7(10)3-4-9/h4,6-8,10H,3,5H2,1-2H3. The van der Waals surface area contributed by atoms with Crippen LogP contribution in [0, 0.1) is 5.92 Å². The summed E-state index contributed by atoms with van der Waals surface area (Å²) in [7, 11) is 1.82. The minimum Gasteiger partial charge on any atom is -0.392 e. The molecule has 0 aromatic carbocycles. The van der Waals surface area contributed by atoms with E-state index in [0.29, 0.717) is 0 Å². The molecule has 0 aromatic heterocycles. The van der Waals surface area contributed by atoms with Crippen LogP contribution < -0.4 is 5.32 Å². The fourth-order valence-corrected chi connectivity index (χ4v) is 0.789. The van der Waals surface area contributed by atoms with Gasteiger partial charge in [0.1, 0.15) is 6.29 Å². The molecule has 0 fully saturated rings. The first-order chi connectivity index (χ1) is 4.72. The predicted octanol–water partition coefficient (Wildman–Crippen LogP) is -0.208. The number of carbonyl (C=O) groups is 1. The third-order valence-electron chi connectivity index (χ3n) is 1.52. The average Bonchev–Trinajstić information content (AvgIpc) is 1.89. The highest BCUT2D eigenvalue weighted by atomic mass is 16.3. The zero-order valence-corrected chi connectivity index (χ0v) is 6.50. The first kappa shape index (κ1) is 9.59. The number of hydrogen-bond acceptors (Lipinski definition) is 3. The number of aliphatic hydroxyl groups is 1. The van der Waals surface area contributed by atoms with Gasteiger partial charge in [-0.05, 0) is 19.5 Å². The highest BCUT2D eigenvalue weighted by Gasteiger charge is 2.11. The van der Waals surface area contributed by atoms with Gasteiger partial charge in [0.2, 0.25) is 0 Å². The van der Waals surface area contributed by atoms with E-state index < -0.39 is 6.10 Å². The molecule has 0 saturated heterocycles. The summed E-state index contributed by atoms with van der Waals surface area (Å²) in [5, 5.41) is 12.1. The Morgan fingerprint density at radius 2 is 2.30 bits per heavy atom. The molecule has 3 nitrogen and oxygen atoms in total. The Balaban J connectivity index is 3.47. The van der Waals surface area contributed by atoms with Crippen LogP contribution in [0.1, 0.15) is 13.3 Å². The Morgan fingerprint density at radius 1 is 1.70 bits per heavy atom. The molecule has 3 heteroatoms. The number of aliphatic hydroxyl groups excluding tert-OH is 1. The molecule has 2 atom stereocenters. The minimum atomic E-state index is -0.495.